The number of aromatic hydroxyl groups is 2. The van der Waals surface area contributed by atoms with E-state index in [1.165, 1.54) is 46.2 Å². The van der Waals surface area contributed by atoms with E-state index in [1.807, 2.05) is 0 Å². The Kier molecular flexibility index (Phi) is 28.6. The molecule has 118 heavy (non-hydrogen) atoms. The van der Waals surface area contributed by atoms with Gasteiger partial charge in [-0.15, -0.1) is 8.07 Å². The minimum Gasteiger partial charge on any atom is -0.505 e. The van der Waals surface area contributed by atoms with Crippen LogP contribution in [0.15, 0.2) is 121 Å². The third-order valence-electron chi connectivity index (χ3n) is 23.5. The van der Waals surface area contributed by atoms with Gasteiger partial charge in [0.15, 0.2) is 0 Å². The minimum absolute atomic E-state index is 0. The quantitative estimate of drug-likeness (QED) is 0.0388. The summed E-state index contributed by atoms with van der Waals surface area (Å²) < 4.78 is 23.6. The van der Waals surface area contributed by atoms with E-state index in [0.29, 0.717) is 19.6 Å². The van der Waals surface area contributed by atoms with Gasteiger partial charge in [0, 0.05) is 88.9 Å². The number of hydrogen-bond acceptors (Lipinski definition) is 4. The molecule has 0 saturated carbocycles. The average molecular weight is 1650 g/mol. The fourth-order valence-corrected chi connectivity index (χ4v) is 19.0. The van der Waals surface area contributed by atoms with Crippen LogP contribution in [0.3, 0.4) is 0 Å². The van der Waals surface area contributed by atoms with Gasteiger partial charge in [-0.25, -0.2) is 0 Å². The van der Waals surface area contributed by atoms with Crippen molar-refractivity contribution in [2.24, 2.45) is 21.7 Å². The number of phenolic OH excluding ortho intramolecular Hbond substituents is 2. The van der Waals surface area contributed by atoms with Crippen molar-refractivity contribution in [2.45, 2.75) is 343 Å². The zero-order valence-electron chi connectivity index (χ0n) is 81.2. The molecule has 1 fully saturated rings. The summed E-state index contributed by atoms with van der Waals surface area (Å²) in [7, 11) is -0.861. The van der Waals surface area contributed by atoms with Crippen molar-refractivity contribution in [1.82, 2.24) is 9.13 Å². The zero-order chi connectivity index (χ0) is 87.9. The normalized spacial score (nSPS) is 14.1. The second kappa shape index (κ2) is 34.7. The van der Waals surface area contributed by atoms with E-state index in [4.69, 9.17) is 9.47 Å². The minimum atomic E-state index is -0.861. The van der Waals surface area contributed by atoms with Crippen LogP contribution in [-0.2, 0) is 69.2 Å². The van der Waals surface area contributed by atoms with E-state index in [-0.39, 0.29) is 102 Å². The molecule has 0 bridgehead atoms. The maximum absolute atomic E-state index is 13.9. The van der Waals surface area contributed by atoms with E-state index < -0.39 is 8.07 Å². The van der Waals surface area contributed by atoms with Crippen LogP contribution in [0.5, 0.6) is 23.0 Å². The van der Waals surface area contributed by atoms with Gasteiger partial charge in [0.25, 0.3) is 0 Å². The van der Waals surface area contributed by atoms with Crippen molar-refractivity contribution in [3.8, 4) is 56.6 Å². The van der Waals surface area contributed by atoms with Crippen LogP contribution >= 0.6 is 0 Å². The third-order valence-corrected chi connectivity index (χ3v) is 23.5. The van der Waals surface area contributed by atoms with Crippen molar-refractivity contribution in [3.05, 3.63) is 184 Å². The molecule has 9 heteroatoms. The van der Waals surface area contributed by atoms with Crippen LogP contribution in [0.1, 0.15) is 322 Å². The fraction of sp³-hybridized carbons (Fsp3) is 0.550. The van der Waals surface area contributed by atoms with Crippen LogP contribution < -0.4 is 9.47 Å². The maximum atomic E-state index is 13.9. The standard InChI is InChI=1S/C101H138N2O4.C4H8O.C4H11Si.Sc/c1-62-46-68(98(27,28)58-90(3,4)5)50-78(76-48-70(100(31,32)60-92(9,10)11)56-84(86(76)104)102-80-52-64(94(15,16)17)36-40-72(80)73-41-37-65(53-81(73)102)95(18,19)20)88(62)106-44-35-45-107-89-63(2)47-69(99(29,30)59-91(6,7)8)51-79(89)77-49-71(101(33,34)61-93(12,13)14)57-85(87(77)105)103-82-54-66(96(21,22)23)38-42-74(82)75-43-39-67(55-83(75)103)97(24,25)26;1-2-4-5-3-1;1-5(2,3)4;/h36-43,46-57,104-105H,35,44-45,58-61H2,1-34H3;1-4H2;1H2,2-4H3;/q;;-1;/p+1. The van der Waals surface area contributed by atoms with Crippen molar-refractivity contribution in [1.29, 1.82) is 0 Å². The largest absolute Gasteiger partial charge is 0.505 e. The van der Waals surface area contributed by atoms with Gasteiger partial charge in [-0.1, -0.05) is 302 Å². The van der Waals surface area contributed by atoms with E-state index in [9.17, 15) is 10.2 Å². The number of aryl methyl sites for hydroxylation is 2. The summed E-state index contributed by atoms with van der Waals surface area (Å²) in [5.74, 6) is 1.94. The second-order valence-electron chi connectivity index (χ2n) is 48.2. The molecule has 11 rings (SSSR count). The summed E-state index contributed by atoms with van der Waals surface area (Å²) in [4.78, 5) is 0. The molecule has 10 aromatic rings. The molecule has 1 saturated heterocycles. The Morgan fingerprint density at radius 2 is 0.568 bits per heavy atom. The number of aliphatic hydroxyl groups is 2. The topological polar surface area (TPSA) is 81.6 Å². The monoisotopic (exact) mass is 1650 g/mol. The maximum Gasteiger partial charge on any atom is 0.147 e. The van der Waals surface area contributed by atoms with Crippen molar-refractivity contribution in [2.75, 3.05) is 26.4 Å². The molecule has 8 aromatic carbocycles. The van der Waals surface area contributed by atoms with Gasteiger partial charge in [0.05, 0.1) is 46.7 Å². The molecule has 3 heterocycles. The Morgan fingerprint density at radius 3 is 0.780 bits per heavy atom. The number of aromatic nitrogens is 2. The summed E-state index contributed by atoms with van der Waals surface area (Å²) in [5.41, 5.74) is 19.3. The first-order valence-corrected chi connectivity index (χ1v) is 47.9. The third kappa shape index (κ3) is 23.5. The predicted octanol–water partition coefficient (Wildman–Crippen LogP) is 31.1. The van der Waals surface area contributed by atoms with Gasteiger partial charge in [-0.05, 0) is 221 Å². The Balaban J connectivity index is 0.00000148. The van der Waals surface area contributed by atoms with Gasteiger partial charge < -0.3 is 40.1 Å². The molecular weight excluding hydrogens is 1490 g/mol. The van der Waals surface area contributed by atoms with Crippen LogP contribution in [-0.4, -0.2) is 58.6 Å². The Morgan fingerprint density at radius 1 is 0.339 bits per heavy atom. The number of phenols is 2. The van der Waals surface area contributed by atoms with Crippen molar-refractivity contribution >= 4 is 51.7 Å². The smallest absolute Gasteiger partial charge is 0.147 e. The molecule has 1 aliphatic rings. The molecule has 0 aliphatic carbocycles. The first-order valence-electron chi connectivity index (χ1n) is 44.2. The van der Waals surface area contributed by atoms with Gasteiger partial charge in [-0.3, -0.25) is 0 Å². The van der Waals surface area contributed by atoms with E-state index in [1.54, 1.807) is 0 Å². The summed E-state index contributed by atoms with van der Waals surface area (Å²) in [6.45, 7) is 92.3. The molecular formula is C109H158N2O5ScSi. The molecule has 641 valence electrons. The zero-order valence-corrected chi connectivity index (χ0v) is 84.0. The van der Waals surface area contributed by atoms with Crippen LogP contribution in [0.4, 0.5) is 0 Å². The molecule has 0 spiro atoms. The number of ether oxygens (including phenoxy) is 3. The number of fused-ring (bicyclic) bond motifs is 6. The fourth-order valence-electron chi connectivity index (χ4n) is 19.0. The Bertz CT molecular complexity index is 4760. The number of benzene rings is 8. The average Bonchev–Trinajstić information content (AvgIpc) is 1.53. The van der Waals surface area contributed by atoms with Gasteiger partial charge >= 0.3 is 0 Å². The van der Waals surface area contributed by atoms with E-state index >= 15 is 0 Å². The molecule has 1 aliphatic heterocycles. The molecule has 2 aromatic heterocycles. The van der Waals surface area contributed by atoms with Crippen molar-refractivity contribution < 1.29 is 50.3 Å². The van der Waals surface area contributed by atoms with Crippen molar-refractivity contribution in [3.63, 3.8) is 0 Å². The number of nitrogens with zero attached hydrogens (tertiary/aromatic N) is 2. The van der Waals surface area contributed by atoms with Crippen LogP contribution in [0.2, 0.25) is 19.6 Å². The summed E-state index contributed by atoms with van der Waals surface area (Å²) in [5, 5.41) is 32.4. The molecule has 0 amide bonds. The number of rotatable bonds is 18. The predicted molar refractivity (Wildman–Crippen MR) is 514 cm³/mol. The molecule has 0 atom stereocenters. The molecule has 3 N–H and O–H groups in total. The first-order chi connectivity index (χ1) is 53.2. The van der Waals surface area contributed by atoms with Gasteiger partial charge in [-0.2, -0.15) is 0 Å². The SMILES string of the molecule is C1CC[OH+]C1.Cc1cc(C(C)(C)CC(C)(C)C)cc(-c2cc(C(C)(C)CC(C)(C)C)cc(-n3c4cc(C(C)(C)C)ccc4c4ccc(C(C)(C)C)cc43)c2O)c1OCCCOc1c(C)cc(C(C)(C)CC(C)(C)C)cc1-c1cc(C(C)(C)CC(C)(C)C)cc(-n2c3cc(C(C)(C)C)ccc3c3ccc(C(C)(C)C)cc32)c1O.[CH2-][Si](C)(C)C.[Sc]. The van der Waals surface area contributed by atoms with E-state index in [0.717, 1.165) is 150 Å². The van der Waals surface area contributed by atoms with Gasteiger partial charge in [0.2, 0.25) is 0 Å². The molecule has 0 unspecified atom stereocenters. The molecule has 1 radical (unpaired) electrons. The van der Waals surface area contributed by atoms with E-state index in [2.05, 4.69) is 397 Å². The Hall–Kier alpha value is -6.39. The second-order valence-corrected chi connectivity index (χ2v) is 53.3. The first kappa shape index (κ1) is 97.1. The number of hydrogen-bond donors (Lipinski definition) is 2. The molecule has 7 nitrogen and oxygen atoms in total. The van der Waals surface area contributed by atoms with Crippen LogP contribution in [0.25, 0.3) is 77.2 Å². The summed E-state index contributed by atoms with van der Waals surface area (Å²) in [6.07, 6.45) is 6.95. The Labute approximate surface area is 737 Å². The summed E-state index contributed by atoms with van der Waals surface area (Å²) >= 11 is 0. The van der Waals surface area contributed by atoms with Gasteiger partial charge in [0.1, 0.15) is 36.2 Å². The summed E-state index contributed by atoms with van der Waals surface area (Å²) in [6, 6.07) is 46.3. The van der Waals surface area contributed by atoms with Crippen LogP contribution in [0, 0.1) is 42.1 Å².